The van der Waals surface area contributed by atoms with Crippen LogP contribution in [0.1, 0.15) is 25.7 Å². The van der Waals surface area contributed by atoms with Crippen LogP contribution in [0.25, 0.3) is 0 Å². The Morgan fingerprint density at radius 3 is 2.25 bits per heavy atom. The van der Waals surface area contributed by atoms with Gasteiger partial charge in [-0.15, -0.1) is 0 Å². The molecule has 0 heterocycles. The summed E-state index contributed by atoms with van der Waals surface area (Å²) in [6, 6.07) is -0.375. The average Bonchev–Trinajstić information content (AvgIpc) is 3.25. The summed E-state index contributed by atoms with van der Waals surface area (Å²) in [5.41, 5.74) is 0. The maximum Gasteiger partial charge on any atom is 0.323 e. The van der Waals surface area contributed by atoms with E-state index in [4.69, 9.17) is 5.11 Å². The maximum atomic E-state index is 11.9. The van der Waals surface area contributed by atoms with Crippen LogP contribution in [0.5, 0.6) is 0 Å². The molecule has 2 saturated carbocycles. The number of amides is 3. The van der Waals surface area contributed by atoms with Gasteiger partial charge in [-0.05, 0) is 31.6 Å². The minimum Gasteiger partial charge on any atom is -0.480 e. The first kappa shape index (κ1) is 14.6. The van der Waals surface area contributed by atoms with E-state index in [1.807, 2.05) is 0 Å². The highest BCUT2D eigenvalue weighted by Crippen LogP contribution is 2.29. The third-order valence-electron chi connectivity index (χ3n) is 3.44. The SMILES string of the molecule is O=C(O)CN(CC1CC1)C(=O)NCCNC(=O)C1CC1. The lowest BCUT2D eigenvalue weighted by molar-refractivity contribution is -0.137. The molecular formula is C13H21N3O4. The molecule has 2 aliphatic carbocycles. The lowest BCUT2D eigenvalue weighted by Gasteiger charge is -2.21. The van der Waals surface area contributed by atoms with Gasteiger partial charge < -0.3 is 20.6 Å². The molecule has 0 bridgehead atoms. The molecule has 0 spiro atoms. The van der Waals surface area contributed by atoms with E-state index in [1.165, 1.54) is 4.90 Å². The molecule has 2 rings (SSSR count). The lowest BCUT2D eigenvalue weighted by atomic mass is 10.3. The molecule has 20 heavy (non-hydrogen) atoms. The molecule has 0 aliphatic heterocycles. The fourth-order valence-electron chi connectivity index (χ4n) is 1.95. The van der Waals surface area contributed by atoms with Crippen molar-refractivity contribution in [2.75, 3.05) is 26.2 Å². The summed E-state index contributed by atoms with van der Waals surface area (Å²) < 4.78 is 0. The quantitative estimate of drug-likeness (QED) is 0.547. The lowest BCUT2D eigenvalue weighted by Crippen LogP contribution is -2.46. The van der Waals surface area contributed by atoms with E-state index in [2.05, 4.69) is 10.6 Å². The number of aliphatic carboxylic acids is 1. The molecule has 0 aromatic heterocycles. The molecule has 7 nitrogen and oxygen atoms in total. The standard InChI is InChI=1S/C13H21N3O4/c17-11(18)8-16(7-9-1-2-9)13(20)15-6-5-14-12(19)10-3-4-10/h9-10H,1-8H2,(H,14,19)(H,15,20)(H,17,18). The van der Waals surface area contributed by atoms with Crippen molar-refractivity contribution >= 4 is 17.9 Å². The number of carbonyl (C=O) groups excluding carboxylic acids is 2. The van der Waals surface area contributed by atoms with Crippen LogP contribution in [0.3, 0.4) is 0 Å². The van der Waals surface area contributed by atoms with Gasteiger partial charge in [0.1, 0.15) is 6.54 Å². The molecule has 2 aliphatic rings. The monoisotopic (exact) mass is 283 g/mol. The van der Waals surface area contributed by atoms with E-state index >= 15 is 0 Å². The first-order valence-electron chi connectivity index (χ1n) is 7.08. The van der Waals surface area contributed by atoms with Gasteiger partial charge in [-0.3, -0.25) is 9.59 Å². The van der Waals surface area contributed by atoms with Crippen LogP contribution in [0.4, 0.5) is 4.79 Å². The summed E-state index contributed by atoms with van der Waals surface area (Å²) in [5.74, 6) is -0.374. The van der Waals surface area contributed by atoms with E-state index in [1.54, 1.807) is 0 Å². The van der Waals surface area contributed by atoms with Gasteiger partial charge in [0.2, 0.25) is 5.91 Å². The van der Waals surface area contributed by atoms with Gasteiger partial charge in [-0.1, -0.05) is 0 Å². The average molecular weight is 283 g/mol. The topological polar surface area (TPSA) is 98.7 Å². The Bertz CT molecular complexity index is 391. The van der Waals surface area contributed by atoms with Crippen LogP contribution in [0, 0.1) is 11.8 Å². The van der Waals surface area contributed by atoms with Gasteiger partial charge in [0, 0.05) is 25.6 Å². The molecule has 112 valence electrons. The van der Waals surface area contributed by atoms with Gasteiger partial charge in [0.25, 0.3) is 0 Å². The van der Waals surface area contributed by atoms with E-state index in [0.717, 1.165) is 25.7 Å². The van der Waals surface area contributed by atoms with Gasteiger partial charge in [-0.2, -0.15) is 0 Å². The van der Waals surface area contributed by atoms with Crippen LogP contribution < -0.4 is 10.6 Å². The largest absolute Gasteiger partial charge is 0.480 e. The van der Waals surface area contributed by atoms with E-state index in [9.17, 15) is 14.4 Å². The zero-order valence-electron chi connectivity index (χ0n) is 11.4. The zero-order chi connectivity index (χ0) is 14.5. The van der Waals surface area contributed by atoms with Gasteiger partial charge in [0.05, 0.1) is 0 Å². The minimum absolute atomic E-state index is 0.0413. The van der Waals surface area contributed by atoms with Gasteiger partial charge in [0.15, 0.2) is 0 Å². The van der Waals surface area contributed by atoms with Crippen LogP contribution in [-0.4, -0.2) is 54.1 Å². The number of carbonyl (C=O) groups is 3. The summed E-state index contributed by atoms with van der Waals surface area (Å²) in [6.07, 6.45) is 4.01. The summed E-state index contributed by atoms with van der Waals surface area (Å²) in [6.45, 7) is 0.910. The number of rotatable bonds is 8. The van der Waals surface area contributed by atoms with Crippen molar-refractivity contribution in [3.8, 4) is 0 Å². The predicted octanol–water partition coefficient (Wildman–Crippen LogP) is 0.0188. The van der Waals surface area contributed by atoms with Crippen LogP contribution >= 0.6 is 0 Å². The molecule has 0 unspecified atom stereocenters. The Balaban J connectivity index is 1.64. The van der Waals surface area contributed by atoms with Crippen molar-refractivity contribution in [3.05, 3.63) is 0 Å². The van der Waals surface area contributed by atoms with Gasteiger partial charge in [-0.25, -0.2) is 4.79 Å². The molecule has 0 radical (unpaired) electrons. The molecule has 0 aromatic rings. The maximum absolute atomic E-state index is 11.9. The molecule has 7 heteroatoms. The first-order valence-corrected chi connectivity index (χ1v) is 7.08. The number of hydrogen-bond acceptors (Lipinski definition) is 3. The Morgan fingerprint density at radius 2 is 1.70 bits per heavy atom. The highest BCUT2D eigenvalue weighted by molar-refractivity contribution is 5.81. The van der Waals surface area contributed by atoms with Crippen molar-refractivity contribution < 1.29 is 19.5 Å². The third kappa shape index (κ3) is 5.07. The molecule has 0 saturated heterocycles. The Morgan fingerprint density at radius 1 is 1.05 bits per heavy atom. The second-order valence-electron chi connectivity index (χ2n) is 5.51. The Labute approximate surface area is 117 Å². The molecular weight excluding hydrogens is 262 g/mol. The van der Waals surface area contributed by atoms with Crippen LogP contribution in [0.15, 0.2) is 0 Å². The molecule has 2 fully saturated rings. The zero-order valence-corrected chi connectivity index (χ0v) is 11.4. The normalized spacial score (nSPS) is 17.4. The summed E-state index contributed by atoms with van der Waals surface area (Å²) in [5, 5.41) is 14.2. The number of nitrogens with zero attached hydrogens (tertiary/aromatic N) is 1. The fourth-order valence-corrected chi connectivity index (χ4v) is 1.95. The van der Waals surface area contributed by atoms with E-state index in [-0.39, 0.29) is 24.4 Å². The fraction of sp³-hybridized carbons (Fsp3) is 0.769. The van der Waals surface area contributed by atoms with Crippen molar-refractivity contribution in [2.24, 2.45) is 11.8 Å². The van der Waals surface area contributed by atoms with Crippen LogP contribution in [0.2, 0.25) is 0 Å². The molecule has 3 N–H and O–H groups in total. The van der Waals surface area contributed by atoms with Crippen molar-refractivity contribution in [1.82, 2.24) is 15.5 Å². The summed E-state index contributed by atoms with van der Waals surface area (Å²) in [4.78, 5) is 35.3. The smallest absolute Gasteiger partial charge is 0.323 e. The number of carboxylic acid groups (broad SMARTS) is 1. The Hall–Kier alpha value is -1.79. The molecule has 0 aromatic carbocycles. The first-order chi connectivity index (χ1) is 9.56. The van der Waals surface area contributed by atoms with E-state index < -0.39 is 5.97 Å². The van der Waals surface area contributed by atoms with Crippen LogP contribution in [-0.2, 0) is 9.59 Å². The summed E-state index contributed by atoms with van der Waals surface area (Å²) in [7, 11) is 0. The molecule has 0 atom stereocenters. The van der Waals surface area contributed by atoms with Crippen molar-refractivity contribution in [1.29, 1.82) is 0 Å². The number of nitrogens with one attached hydrogen (secondary N) is 2. The molecule has 3 amide bonds. The van der Waals surface area contributed by atoms with Crippen molar-refractivity contribution in [3.63, 3.8) is 0 Å². The number of urea groups is 1. The van der Waals surface area contributed by atoms with Crippen molar-refractivity contribution in [2.45, 2.75) is 25.7 Å². The predicted molar refractivity (Wildman–Crippen MR) is 71.1 cm³/mol. The van der Waals surface area contributed by atoms with E-state index in [0.29, 0.717) is 25.6 Å². The number of hydrogen-bond donors (Lipinski definition) is 3. The third-order valence-corrected chi connectivity index (χ3v) is 3.44. The highest BCUT2D eigenvalue weighted by Gasteiger charge is 2.29. The highest BCUT2D eigenvalue weighted by atomic mass is 16.4. The number of carboxylic acids is 1. The Kier molecular flexibility index (Phi) is 4.81. The second kappa shape index (κ2) is 6.58. The van der Waals surface area contributed by atoms with Gasteiger partial charge >= 0.3 is 12.0 Å². The summed E-state index contributed by atoms with van der Waals surface area (Å²) >= 11 is 0. The second-order valence-corrected chi connectivity index (χ2v) is 5.51. The minimum atomic E-state index is -1.01.